The molecule has 106 valence electrons. The van der Waals surface area contributed by atoms with Gasteiger partial charge in [-0.1, -0.05) is 17.7 Å². The molecule has 0 saturated carbocycles. The quantitative estimate of drug-likeness (QED) is 0.834. The van der Waals surface area contributed by atoms with E-state index in [4.69, 9.17) is 16.3 Å². The molecule has 1 aromatic rings. The molecule has 1 amide bonds. The van der Waals surface area contributed by atoms with Crippen LogP contribution in [0, 0.1) is 0 Å². The number of nitrogens with one attached hydrogen (secondary N) is 1. The molecule has 1 aromatic carbocycles. The number of ether oxygens (including phenoxy) is 1. The zero-order valence-corrected chi connectivity index (χ0v) is 12.4. The van der Waals surface area contributed by atoms with Gasteiger partial charge in [-0.05, 0) is 39.1 Å². The van der Waals surface area contributed by atoms with Gasteiger partial charge in [-0.3, -0.25) is 9.69 Å². The van der Waals surface area contributed by atoms with Crippen LogP contribution in [0.3, 0.4) is 0 Å². The van der Waals surface area contributed by atoms with Crippen molar-refractivity contribution in [1.29, 1.82) is 0 Å². The molecule has 0 unspecified atom stereocenters. The smallest absolute Gasteiger partial charge is 0.234 e. The lowest BCUT2D eigenvalue weighted by atomic mass is 10.3. The van der Waals surface area contributed by atoms with Crippen LogP contribution in [0.15, 0.2) is 24.3 Å². The molecule has 0 saturated heterocycles. The van der Waals surface area contributed by atoms with Gasteiger partial charge in [0.25, 0.3) is 0 Å². The molecule has 4 nitrogen and oxygen atoms in total. The minimum absolute atomic E-state index is 0.0280. The highest BCUT2D eigenvalue weighted by molar-refractivity contribution is 6.30. The van der Waals surface area contributed by atoms with E-state index in [1.54, 1.807) is 12.1 Å². The summed E-state index contributed by atoms with van der Waals surface area (Å²) in [4.78, 5) is 13.4. The lowest BCUT2D eigenvalue weighted by molar-refractivity contribution is -0.122. The predicted octanol–water partition coefficient (Wildman–Crippen LogP) is 2.18. The highest BCUT2D eigenvalue weighted by Gasteiger charge is 2.07. The van der Waals surface area contributed by atoms with Crippen LogP contribution in [0.25, 0.3) is 0 Å². The first kappa shape index (κ1) is 15.8. The Labute approximate surface area is 119 Å². The van der Waals surface area contributed by atoms with Gasteiger partial charge in [0.15, 0.2) is 0 Å². The average molecular weight is 285 g/mol. The fourth-order valence-corrected chi connectivity index (χ4v) is 1.75. The Balaban J connectivity index is 2.23. The SMILES string of the molecule is CC(C)NC(=O)CN(C)CCOc1cccc(Cl)c1. The highest BCUT2D eigenvalue weighted by Crippen LogP contribution is 2.16. The number of amides is 1. The second kappa shape index (κ2) is 8.02. The predicted molar refractivity (Wildman–Crippen MR) is 77.7 cm³/mol. The topological polar surface area (TPSA) is 41.6 Å². The van der Waals surface area contributed by atoms with Crippen LogP contribution in [-0.2, 0) is 4.79 Å². The number of rotatable bonds is 7. The van der Waals surface area contributed by atoms with Gasteiger partial charge >= 0.3 is 0 Å². The standard InChI is InChI=1S/C14H21ClN2O2/c1-11(2)16-14(18)10-17(3)7-8-19-13-6-4-5-12(15)9-13/h4-6,9,11H,7-8,10H2,1-3H3,(H,16,18). The Morgan fingerprint density at radius 1 is 1.47 bits per heavy atom. The summed E-state index contributed by atoms with van der Waals surface area (Å²) in [5.74, 6) is 0.771. The summed E-state index contributed by atoms with van der Waals surface area (Å²) >= 11 is 5.86. The number of halogens is 1. The van der Waals surface area contributed by atoms with Crippen LogP contribution in [-0.4, -0.2) is 43.6 Å². The number of benzene rings is 1. The minimum atomic E-state index is 0.0280. The molecule has 0 fully saturated rings. The van der Waals surface area contributed by atoms with Crippen molar-refractivity contribution in [2.45, 2.75) is 19.9 Å². The van der Waals surface area contributed by atoms with Gasteiger partial charge in [0.2, 0.25) is 5.91 Å². The van der Waals surface area contributed by atoms with Crippen molar-refractivity contribution in [2.75, 3.05) is 26.7 Å². The molecule has 0 aliphatic carbocycles. The molecular weight excluding hydrogens is 264 g/mol. The van der Waals surface area contributed by atoms with E-state index in [1.165, 1.54) is 0 Å². The molecular formula is C14H21ClN2O2. The average Bonchev–Trinajstić information content (AvgIpc) is 2.27. The van der Waals surface area contributed by atoms with E-state index in [0.717, 1.165) is 5.75 Å². The second-order valence-corrected chi connectivity index (χ2v) is 5.20. The monoisotopic (exact) mass is 284 g/mol. The zero-order valence-electron chi connectivity index (χ0n) is 11.6. The van der Waals surface area contributed by atoms with Crippen molar-refractivity contribution in [2.24, 2.45) is 0 Å². The maximum atomic E-state index is 11.5. The summed E-state index contributed by atoms with van der Waals surface area (Å²) in [5, 5.41) is 3.51. The molecule has 1 N–H and O–H groups in total. The Bertz CT molecular complexity index is 410. The molecule has 0 heterocycles. The fourth-order valence-electron chi connectivity index (χ4n) is 1.57. The van der Waals surface area contributed by atoms with Crippen molar-refractivity contribution < 1.29 is 9.53 Å². The summed E-state index contributed by atoms with van der Waals surface area (Å²) in [7, 11) is 1.89. The molecule has 19 heavy (non-hydrogen) atoms. The van der Waals surface area contributed by atoms with Crippen LogP contribution < -0.4 is 10.1 Å². The van der Waals surface area contributed by atoms with E-state index < -0.39 is 0 Å². The Kier molecular flexibility index (Phi) is 6.67. The normalized spacial score (nSPS) is 10.8. The third-order valence-electron chi connectivity index (χ3n) is 2.40. The van der Waals surface area contributed by atoms with Crippen molar-refractivity contribution in [3.05, 3.63) is 29.3 Å². The summed E-state index contributed by atoms with van der Waals surface area (Å²) < 4.78 is 5.56. The molecule has 0 atom stereocenters. The first-order valence-corrected chi connectivity index (χ1v) is 6.71. The first-order chi connectivity index (χ1) is 8.97. The number of hydrogen-bond donors (Lipinski definition) is 1. The second-order valence-electron chi connectivity index (χ2n) is 4.77. The van der Waals surface area contributed by atoms with Gasteiger partial charge in [-0.15, -0.1) is 0 Å². The van der Waals surface area contributed by atoms with Gasteiger partial charge < -0.3 is 10.1 Å². The zero-order chi connectivity index (χ0) is 14.3. The molecule has 0 aliphatic heterocycles. The van der Waals surface area contributed by atoms with Crippen LogP contribution in [0.4, 0.5) is 0 Å². The van der Waals surface area contributed by atoms with E-state index in [-0.39, 0.29) is 11.9 Å². The van der Waals surface area contributed by atoms with Gasteiger partial charge in [-0.2, -0.15) is 0 Å². The van der Waals surface area contributed by atoms with Crippen molar-refractivity contribution >= 4 is 17.5 Å². The van der Waals surface area contributed by atoms with Crippen LogP contribution in [0.2, 0.25) is 5.02 Å². The van der Waals surface area contributed by atoms with E-state index in [2.05, 4.69) is 5.32 Å². The van der Waals surface area contributed by atoms with Crippen LogP contribution >= 0.6 is 11.6 Å². The van der Waals surface area contributed by atoms with E-state index in [0.29, 0.717) is 24.7 Å². The molecule has 0 aromatic heterocycles. The third-order valence-corrected chi connectivity index (χ3v) is 2.64. The molecule has 0 spiro atoms. The molecule has 5 heteroatoms. The fraction of sp³-hybridized carbons (Fsp3) is 0.500. The maximum absolute atomic E-state index is 11.5. The Morgan fingerprint density at radius 2 is 2.21 bits per heavy atom. The lowest BCUT2D eigenvalue weighted by Crippen LogP contribution is -2.39. The molecule has 0 aliphatic rings. The van der Waals surface area contributed by atoms with Crippen molar-refractivity contribution in [3.8, 4) is 5.75 Å². The summed E-state index contributed by atoms with van der Waals surface area (Å²) in [6.07, 6.45) is 0. The summed E-state index contributed by atoms with van der Waals surface area (Å²) in [6.45, 7) is 5.46. The van der Waals surface area contributed by atoms with Crippen LogP contribution in [0.5, 0.6) is 5.75 Å². The number of hydrogen-bond acceptors (Lipinski definition) is 3. The van der Waals surface area contributed by atoms with E-state index in [9.17, 15) is 4.79 Å². The summed E-state index contributed by atoms with van der Waals surface area (Å²) in [5.41, 5.74) is 0. The maximum Gasteiger partial charge on any atom is 0.234 e. The number of likely N-dealkylation sites (N-methyl/N-ethyl adjacent to an activating group) is 1. The van der Waals surface area contributed by atoms with Crippen LogP contribution in [0.1, 0.15) is 13.8 Å². The van der Waals surface area contributed by atoms with Crippen molar-refractivity contribution in [3.63, 3.8) is 0 Å². The van der Waals surface area contributed by atoms with Gasteiger partial charge in [0.05, 0.1) is 6.54 Å². The minimum Gasteiger partial charge on any atom is -0.492 e. The van der Waals surface area contributed by atoms with E-state index >= 15 is 0 Å². The number of carbonyl (C=O) groups is 1. The molecule has 1 rings (SSSR count). The Morgan fingerprint density at radius 3 is 2.84 bits per heavy atom. The largest absolute Gasteiger partial charge is 0.492 e. The van der Waals surface area contributed by atoms with Crippen molar-refractivity contribution in [1.82, 2.24) is 10.2 Å². The highest BCUT2D eigenvalue weighted by atomic mass is 35.5. The number of nitrogens with zero attached hydrogens (tertiary/aromatic N) is 1. The summed E-state index contributed by atoms with van der Waals surface area (Å²) in [6, 6.07) is 7.45. The first-order valence-electron chi connectivity index (χ1n) is 6.33. The van der Waals surface area contributed by atoms with Gasteiger partial charge in [0, 0.05) is 17.6 Å². The molecule has 0 radical (unpaired) electrons. The van der Waals surface area contributed by atoms with Gasteiger partial charge in [0.1, 0.15) is 12.4 Å². The lowest BCUT2D eigenvalue weighted by Gasteiger charge is -2.17. The number of carbonyl (C=O) groups excluding carboxylic acids is 1. The van der Waals surface area contributed by atoms with E-state index in [1.807, 2.05) is 37.9 Å². The Hall–Kier alpha value is -1.26. The third kappa shape index (κ3) is 7.03. The molecule has 0 bridgehead atoms. The van der Waals surface area contributed by atoms with Gasteiger partial charge in [-0.25, -0.2) is 0 Å².